The van der Waals surface area contributed by atoms with Crippen molar-refractivity contribution in [3.63, 3.8) is 0 Å². The first-order valence-electron chi connectivity index (χ1n) is 14.9. The van der Waals surface area contributed by atoms with E-state index in [1.165, 1.54) is 10.7 Å². The summed E-state index contributed by atoms with van der Waals surface area (Å²) in [6, 6.07) is 17.2. The van der Waals surface area contributed by atoms with Gasteiger partial charge in [0.15, 0.2) is 11.5 Å². The smallest absolute Gasteiger partial charge is 0.300 e. The average Bonchev–Trinajstić information content (AvgIpc) is 3.63. The molecule has 0 bridgehead atoms. The van der Waals surface area contributed by atoms with Crippen LogP contribution in [0.25, 0.3) is 22.1 Å². The van der Waals surface area contributed by atoms with Crippen LogP contribution in [-0.2, 0) is 17.3 Å². The monoisotopic (exact) mass is 647 g/mol. The molecule has 236 valence electrons. The number of benzene rings is 2. The topological polar surface area (TPSA) is 157 Å². The minimum absolute atomic E-state index is 0.0546. The molecule has 0 radical (unpaired) electrons. The fraction of sp³-hybridized carbons (Fsp3) is 0.182. The highest BCUT2D eigenvalue weighted by atomic mass is 32.2. The SMILES string of the molecule is C[C@@H](NC(=O)c1c(NS(=O)(=O)NC2CC2)nn2cccnc12)c1cc2cccc(C#Cc3cnn(C)c3)c2c(=O)n1-c1ccccc1. The lowest BCUT2D eigenvalue weighted by Gasteiger charge is -2.21. The van der Waals surface area contributed by atoms with Crippen molar-refractivity contribution in [3.05, 3.63) is 118 Å². The Hall–Kier alpha value is -5.78. The molecule has 7 rings (SSSR count). The third-order valence-corrected chi connectivity index (χ3v) is 8.79. The zero-order valence-corrected chi connectivity index (χ0v) is 26.2. The Morgan fingerprint density at radius 2 is 1.87 bits per heavy atom. The van der Waals surface area contributed by atoms with E-state index in [2.05, 4.69) is 41.8 Å². The predicted octanol–water partition coefficient (Wildman–Crippen LogP) is 3.07. The fourth-order valence-corrected chi connectivity index (χ4v) is 6.49. The normalized spacial score (nSPS) is 13.7. The zero-order chi connectivity index (χ0) is 32.7. The molecule has 1 saturated carbocycles. The number of nitrogens with one attached hydrogen (secondary N) is 3. The molecule has 13 nitrogen and oxygen atoms in total. The first-order valence-corrected chi connectivity index (χ1v) is 16.3. The Kier molecular flexibility index (Phi) is 7.55. The molecule has 2 aromatic carbocycles. The van der Waals surface area contributed by atoms with Crippen LogP contribution >= 0.6 is 0 Å². The molecule has 0 unspecified atom stereocenters. The molecule has 1 aliphatic carbocycles. The van der Waals surface area contributed by atoms with Gasteiger partial charge in [0.25, 0.3) is 11.5 Å². The number of carbonyl (C=O) groups excluding carboxylic acids is 1. The molecule has 1 atom stereocenters. The minimum atomic E-state index is -4.00. The third-order valence-electron chi connectivity index (χ3n) is 7.68. The lowest BCUT2D eigenvalue weighted by atomic mass is 10.0. The highest BCUT2D eigenvalue weighted by Gasteiger charge is 2.30. The number of amides is 1. The minimum Gasteiger partial charge on any atom is -0.344 e. The molecule has 4 aromatic heterocycles. The average molecular weight is 648 g/mol. The predicted molar refractivity (Wildman–Crippen MR) is 176 cm³/mol. The van der Waals surface area contributed by atoms with Gasteiger partial charge in [0, 0.05) is 48.6 Å². The third kappa shape index (κ3) is 6.09. The largest absolute Gasteiger partial charge is 0.344 e. The highest BCUT2D eigenvalue weighted by Crippen LogP contribution is 2.26. The molecule has 0 saturated heterocycles. The van der Waals surface area contributed by atoms with Crippen molar-refractivity contribution in [2.75, 3.05) is 4.72 Å². The van der Waals surface area contributed by atoms with E-state index in [4.69, 9.17) is 0 Å². The quantitative estimate of drug-likeness (QED) is 0.214. The Labute approximate surface area is 269 Å². The number of nitrogens with zero attached hydrogens (tertiary/aromatic N) is 6. The maximum absolute atomic E-state index is 14.3. The molecular formula is C33H29N9O4S. The van der Waals surface area contributed by atoms with E-state index >= 15 is 0 Å². The summed E-state index contributed by atoms with van der Waals surface area (Å²) < 4.78 is 35.1. The highest BCUT2D eigenvalue weighted by molar-refractivity contribution is 7.90. The van der Waals surface area contributed by atoms with Crippen LogP contribution < -0.4 is 20.3 Å². The van der Waals surface area contributed by atoms with Crippen molar-refractivity contribution in [1.29, 1.82) is 0 Å². The van der Waals surface area contributed by atoms with Gasteiger partial charge in [-0.1, -0.05) is 42.2 Å². The standard InChI is InChI=1S/C33H29N9O4S/c1-21(36-32(43)29-30(37-41-17-7-16-34-31(29)41)39-47(45,46)38-25-14-15-25)27-18-24-9-6-8-23(13-12-22-19-35-40(2)20-22)28(24)33(44)42(27)26-10-4-3-5-11-26/h3-11,16-21,25,38H,14-15H2,1-2H3,(H,36,43)(H,37,39)/t21-/m1/s1. The number of aryl methyl sites for hydroxylation is 1. The van der Waals surface area contributed by atoms with Crippen molar-refractivity contribution in [3.8, 4) is 17.5 Å². The summed E-state index contributed by atoms with van der Waals surface area (Å²) in [5.74, 6) is 5.42. The summed E-state index contributed by atoms with van der Waals surface area (Å²) in [4.78, 5) is 32.6. The number of pyridine rings is 1. The number of hydrogen-bond acceptors (Lipinski definition) is 7. The van der Waals surface area contributed by atoms with E-state index < -0.39 is 22.2 Å². The van der Waals surface area contributed by atoms with Crippen LogP contribution in [-0.4, -0.2) is 49.3 Å². The van der Waals surface area contributed by atoms with Crippen molar-refractivity contribution in [1.82, 2.24) is 39.0 Å². The number of para-hydroxylation sites is 1. The summed E-state index contributed by atoms with van der Waals surface area (Å²) in [6.07, 6.45) is 7.99. The summed E-state index contributed by atoms with van der Waals surface area (Å²) >= 11 is 0. The lowest BCUT2D eigenvalue weighted by molar-refractivity contribution is 0.0941. The lowest BCUT2D eigenvalue weighted by Crippen LogP contribution is -2.34. The summed E-state index contributed by atoms with van der Waals surface area (Å²) in [6.45, 7) is 1.75. The number of anilines is 1. The Morgan fingerprint density at radius 3 is 2.62 bits per heavy atom. The van der Waals surface area contributed by atoms with Crippen LogP contribution in [0.4, 0.5) is 5.82 Å². The van der Waals surface area contributed by atoms with Gasteiger partial charge >= 0.3 is 10.2 Å². The van der Waals surface area contributed by atoms with Gasteiger partial charge in [0.1, 0.15) is 5.56 Å². The molecule has 0 aliphatic heterocycles. The van der Waals surface area contributed by atoms with E-state index in [-0.39, 0.29) is 28.6 Å². The summed E-state index contributed by atoms with van der Waals surface area (Å²) in [5.41, 5.74) is 2.17. The fourth-order valence-electron chi connectivity index (χ4n) is 5.36. The number of aromatic nitrogens is 6. The Morgan fingerprint density at radius 1 is 1.06 bits per heavy atom. The maximum atomic E-state index is 14.3. The van der Waals surface area contributed by atoms with Gasteiger partial charge in [0.2, 0.25) is 0 Å². The van der Waals surface area contributed by atoms with Gasteiger partial charge < -0.3 is 5.32 Å². The van der Waals surface area contributed by atoms with Crippen molar-refractivity contribution in [2.24, 2.45) is 7.05 Å². The van der Waals surface area contributed by atoms with Crippen molar-refractivity contribution < 1.29 is 13.2 Å². The van der Waals surface area contributed by atoms with Crippen LogP contribution in [0, 0.1) is 11.8 Å². The Bertz CT molecular complexity index is 2400. The molecular weight excluding hydrogens is 618 g/mol. The second-order valence-electron chi connectivity index (χ2n) is 11.3. The number of fused-ring (bicyclic) bond motifs is 2. The van der Waals surface area contributed by atoms with Crippen LogP contribution in [0.5, 0.6) is 0 Å². The van der Waals surface area contributed by atoms with Gasteiger partial charge in [-0.15, -0.1) is 5.10 Å². The van der Waals surface area contributed by atoms with Gasteiger partial charge in [-0.25, -0.2) is 9.50 Å². The molecule has 14 heteroatoms. The molecule has 1 fully saturated rings. The molecule has 3 N–H and O–H groups in total. The number of hydrogen-bond donors (Lipinski definition) is 3. The summed E-state index contributed by atoms with van der Waals surface area (Å²) in [7, 11) is -2.19. The van der Waals surface area contributed by atoms with Crippen molar-refractivity contribution >= 4 is 38.4 Å². The van der Waals surface area contributed by atoms with Crippen LogP contribution in [0.15, 0.2) is 90.2 Å². The number of rotatable bonds is 8. The molecule has 1 amide bonds. The molecule has 6 aromatic rings. The van der Waals surface area contributed by atoms with Crippen LogP contribution in [0.3, 0.4) is 0 Å². The molecule has 4 heterocycles. The Balaban J connectivity index is 1.30. The van der Waals surface area contributed by atoms with E-state index in [0.29, 0.717) is 33.3 Å². The van der Waals surface area contributed by atoms with Gasteiger partial charge in [0.05, 0.1) is 23.2 Å². The molecule has 0 spiro atoms. The second-order valence-corrected chi connectivity index (χ2v) is 12.7. The molecule has 1 aliphatic rings. The van der Waals surface area contributed by atoms with Gasteiger partial charge in [-0.2, -0.15) is 18.2 Å². The van der Waals surface area contributed by atoms with Crippen LogP contribution in [0.2, 0.25) is 0 Å². The zero-order valence-electron chi connectivity index (χ0n) is 25.4. The van der Waals surface area contributed by atoms with E-state index in [1.54, 1.807) is 53.9 Å². The summed E-state index contributed by atoms with van der Waals surface area (Å²) in [5, 5.41) is 12.5. The van der Waals surface area contributed by atoms with Crippen LogP contribution in [0.1, 0.15) is 53.0 Å². The van der Waals surface area contributed by atoms with E-state index in [1.807, 2.05) is 48.5 Å². The maximum Gasteiger partial charge on any atom is 0.300 e. The van der Waals surface area contributed by atoms with Gasteiger partial charge in [-0.05, 0) is 55.5 Å². The molecule has 47 heavy (non-hydrogen) atoms. The van der Waals surface area contributed by atoms with Crippen molar-refractivity contribution in [2.45, 2.75) is 31.8 Å². The van der Waals surface area contributed by atoms with E-state index in [9.17, 15) is 18.0 Å². The number of carbonyl (C=O) groups is 1. The van der Waals surface area contributed by atoms with E-state index in [0.717, 1.165) is 12.8 Å². The second kappa shape index (κ2) is 11.9. The first kappa shape index (κ1) is 29.9. The van der Waals surface area contributed by atoms with Gasteiger partial charge in [-0.3, -0.25) is 23.6 Å². The first-order chi connectivity index (χ1) is 22.7.